The standard InChI is InChI=1S/C19H27N5O4S/c1-15-5-3-10-23(14-15)29(27,28)17-6-7-18(19(11-17)24(25)26)20-12-16(2)13-22-9-4-8-21-22/h4,6-9,11,15-16,20H,3,5,10,12-14H2,1-2H3. The number of sulfonamides is 1. The molecule has 9 nitrogen and oxygen atoms in total. The molecule has 3 rings (SSSR count). The maximum Gasteiger partial charge on any atom is 0.293 e. The Bertz CT molecular complexity index is 946. The fraction of sp³-hybridized carbons (Fsp3) is 0.526. The van der Waals surface area contributed by atoms with Crippen molar-refractivity contribution in [2.24, 2.45) is 11.8 Å². The van der Waals surface area contributed by atoms with Crippen molar-refractivity contribution in [2.45, 2.75) is 38.1 Å². The summed E-state index contributed by atoms with van der Waals surface area (Å²) in [4.78, 5) is 11.0. The van der Waals surface area contributed by atoms with Gasteiger partial charge in [0.1, 0.15) is 5.69 Å². The predicted octanol–water partition coefficient (Wildman–Crippen LogP) is 2.96. The third-order valence-electron chi connectivity index (χ3n) is 5.12. The molecule has 0 spiro atoms. The number of nitrogens with zero attached hydrogens (tertiary/aromatic N) is 4. The van der Waals surface area contributed by atoms with Gasteiger partial charge in [0.2, 0.25) is 10.0 Å². The topological polar surface area (TPSA) is 110 Å². The van der Waals surface area contributed by atoms with Gasteiger partial charge in [-0.05, 0) is 42.9 Å². The second kappa shape index (κ2) is 8.91. The third kappa shape index (κ3) is 5.13. The number of benzene rings is 1. The monoisotopic (exact) mass is 421 g/mol. The normalized spacial score (nSPS) is 19.0. The van der Waals surface area contributed by atoms with Crippen molar-refractivity contribution in [1.29, 1.82) is 0 Å². The minimum absolute atomic E-state index is 0.0339. The van der Waals surface area contributed by atoms with Gasteiger partial charge in [-0.1, -0.05) is 13.8 Å². The van der Waals surface area contributed by atoms with E-state index in [1.165, 1.54) is 16.4 Å². The molecule has 158 valence electrons. The summed E-state index contributed by atoms with van der Waals surface area (Å²) in [6, 6.07) is 5.93. The Hall–Kier alpha value is -2.46. The summed E-state index contributed by atoms with van der Waals surface area (Å²) >= 11 is 0. The highest BCUT2D eigenvalue weighted by Gasteiger charge is 2.30. The maximum atomic E-state index is 12.9. The SMILES string of the molecule is CC1CCCN(S(=O)(=O)c2ccc(NCC(C)Cn3cccn3)c([N+](=O)[O-])c2)C1. The summed E-state index contributed by atoms with van der Waals surface area (Å²) < 4.78 is 29.1. The van der Waals surface area contributed by atoms with Crippen LogP contribution in [0, 0.1) is 22.0 Å². The molecule has 1 aliphatic heterocycles. The average Bonchev–Trinajstić information content (AvgIpc) is 3.19. The molecular weight excluding hydrogens is 394 g/mol. The first-order chi connectivity index (χ1) is 13.8. The number of piperidine rings is 1. The van der Waals surface area contributed by atoms with Crippen LogP contribution in [0.3, 0.4) is 0 Å². The minimum atomic E-state index is -3.74. The molecule has 0 aliphatic carbocycles. The van der Waals surface area contributed by atoms with Gasteiger partial charge in [-0.15, -0.1) is 0 Å². The maximum absolute atomic E-state index is 12.9. The van der Waals surface area contributed by atoms with Gasteiger partial charge in [-0.3, -0.25) is 14.8 Å². The van der Waals surface area contributed by atoms with Crippen molar-refractivity contribution in [3.8, 4) is 0 Å². The lowest BCUT2D eigenvalue weighted by Crippen LogP contribution is -2.39. The van der Waals surface area contributed by atoms with Gasteiger partial charge < -0.3 is 5.32 Å². The van der Waals surface area contributed by atoms with E-state index in [1.54, 1.807) is 10.9 Å². The van der Waals surface area contributed by atoms with Crippen molar-refractivity contribution in [3.63, 3.8) is 0 Å². The Kier molecular flexibility index (Phi) is 6.53. The van der Waals surface area contributed by atoms with Crippen LogP contribution in [0.25, 0.3) is 0 Å². The largest absolute Gasteiger partial charge is 0.379 e. The van der Waals surface area contributed by atoms with E-state index in [1.807, 2.05) is 26.1 Å². The van der Waals surface area contributed by atoms with Crippen molar-refractivity contribution in [2.75, 3.05) is 25.0 Å². The second-order valence-corrected chi connectivity index (χ2v) is 9.70. The van der Waals surface area contributed by atoms with Crippen molar-refractivity contribution in [3.05, 3.63) is 46.8 Å². The molecule has 0 saturated carbocycles. The number of hydrogen-bond acceptors (Lipinski definition) is 6. The van der Waals surface area contributed by atoms with Gasteiger partial charge in [0.25, 0.3) is 5.69 Å². The lowest BCUT2D eigenvalue weighted by molar-refractivity contribution is -0.384. The van der Waals surface area contributed by atoms with Gasteiger partial charge in [0.15, 0.2) is 0 Å². The number of aromatic nitrogens is 2. The molecule has 2 atom stereocenters. The zero-order chi connectivity index (χ0) is 21.0. The summed E-state index contributed by atoms with van der Waals surface area (Å²) in [6.45, 7) is 6.09. The van der Waals surface area contributed by atoms with Gasteiger partial charge >= 0.3 is 0 Å². The van der Waals surface area contributed by atoms with Crippen LogP contribution in [-0.4, -0.2) is 47.1 Å². The summed E-state index contributed by atoms with van der Waals surface area (Å²) in [5, 5.41) is 18.8. The highest BCUT2D eigenvalue weighted by atomic mass is 32.2. The zero-order valence-corrected chi connectivity index (χ0v) is 17.5. The number of nitro benzene ring substituents is 1. The first-order valence-electron chi connectivity index (χ1n) is 9.77. The summed E-state index contributed by atoms with van der Waals surface area (Å²) in [7, 11) is -3.74. The van der Waals surface area contributed by atoms with Crippen LogP contribution in [0.2, 0.25) is 0 Å². The molecule has 2 heterocycles. The fourth-order valence-electron chi connectivity index (χ4n) is 3.56. The van der Waals surface area contributed by atoms with E-state index in [0.29, 0.717) is 31.9 Å². The van der Waals surface area contributed by atoms with E-state index >= 15 is 0 Å². The molecule has 0 amide bonds. The van der Waals surface area contributed by atoms with Gasteiger partial charge in [-0.25, -0.2) is 8.42 Å². The molecule has 1 aromatic heterocycles. The average molecular weight is 422 g/mol. The zero-order valence-electron chi connectivity index (χ0n) is 16.7. The molecule has 2 aromatic rings. The molecule has 10 heteroatoms. The van der Waals surface area contributed by atoms with E-state index in [4.69, 9.17) is 0 Å². The van der Waals surface area contributed by atoms with Gasteiger partial charge in [0, 0.05) is 44.6 Å². The highest BCUT2D eigenvalue weighted by molar-refractivity contribution is 7.89. The molecule has 2 unspecified atom stereocenters. The Morgan fingerprint density at radius 3 is 2.86 bits per heavy atom. The lowest BCUT2D eigenvalue weighted by atomic mass is 10.0. The number of nitrogens with one attached hydrogen (secondary N) is 1. The van der Waals surface area contributed by atoms with E-state index in [0.717, 1.165) is 18.9 Å². The quantitative estimate of drug-likeness (QED) is 0.518. The molecule has 0 radical (unpaired) electrons. The fourth-order valence-corrected chi connectivity index (χ4v) is 5.18. The van der Waals surface area contributed by atoms with Crippen LogP contribution in [-0.2, 0) is 16.6 Å². The van der Waals surface area contributed by atoms with Crippen LogP contribution < -0.4 is 5.32 Å². The first kappa shape index (κ1) is 21.3. The number of nitro groups is 1. The molecule has 0 bridgehead atoms. The summed E-state index contributed by atoms with van der Waals surface area (Å²) in [6.07, 6.45) is 5.36. The molecule has 29 heavy (non-hydrogen) atoms. The van der Waals surface area contributed by atoms with Crippen LogP contribution in [0.5, 0.6) is 0 Å². The Balaban J connectivity index is 1.75. The van der Waals surface area contributed by atoms with E-state index in [-0.39, 0.29) is 22.4 Å². The predicted molar refractivity (Wildman–Crippen MR) is 110 cm³/mol. The summed E-state index contributed by atoms with van der Waals surface area (Å²) in [5.74, 6) is 0.457. The number of hydrogen-bond donors (Lipinski definition) is 1. The second-order valence-electron chi connectivity index (χ2n) is 7.76. The van der Waals surface area contributed by atoms with Crippen molar-refractivity contribution in [1.82, 2.24) is 14.1 Å². The Labute approximate surface area is 170 Å². The van der Waals surface area contributed by atoms with Crippen molar-refractivity contribution >= 4 is 21.4 Å². The van der Waals surface area contributed by atoms with Gasteiger partial charge in [0.05, 0.1) is 9.82 Å². The third-order valence-corrected chi connectivity index (χ3v) is 6.98. The van der Waals surface area contributed by atoms with Gasteiger partial charge in [-0.2, -0.15) is 9.40 Å². The van der Waals surface area contributed by atoms with E-state index < -0.39 is 14.9 Å². The lowest BCUT2D eigenvalue weighted by Gasteiger charge is -2.30. The van der Waals surface area contributed by atoms with E-state index in [9.17, 15) is 18.5 Å². The van der Waals surface area contributed by atoms with Crippen molar-refractivity contribution < 1.29 is 13.3 Å². The Morgan fingerprint density at radius 1 is 1.41 bits per heavy atom. The molecule has 1 fully saturated rings. The Morgan fingerprint density at radius 2 is 2.21 bits per heavy atom. The van der Waals surface area contributed by atoms with Crippen LogP contribution in [0.4, 0.5) is 11.4 Å². The molecule has 1 aliphatic rings. The molecule has 1 aromatic carbocycles. The number of rotatable bonds is 8. The molecule has 1 saturated heterocycles. The first-order valence-corrected chi connectivity index (χ1v) is 11.2. The smallest absolute Gasteiger partial charge is 0.293 e. The highest BCUT2D eigenvalue weighted by Crippen LogP contribution is 2.30. The molecule has 1 N–H and O–H groups in total. The van der Waals surface area contributed by atoms with Crippen LogP contribution >= 0.6 is 0 Å². The minimum Gasteiger partial charge on any atom is -0.379 e. The number of anilines is 1. The molecular formula is C19H27N5O4S. The van der Waals surface area contributed by atoms with Crippen LogP contribution in [0.1, 0.15) is 26.7 Å². The van der Waals surface area contributed by atoms with Crippen LogP contribution in [0.15, 0.2) is 41.6 Å². The van der Waals surface area contributed by atoms with E-state index in [2.05, 4.69) is 10.4 Å². The summed E-state index contributed by atoms with van der Waals surface area (Å²) in [5.41, 5.74) is 0.0794.